The summed E-state index contributed by atoms with van der Waals surface area (Å²) in [6.45, 7) is 1.30. The molecule has 0 bridgehead atoms. The number of amides is 2. The largest absolute Gasteiger partial charge is 0.436 e. The lowest BCUT2D eigenvalue weighted by Gasteiger charge is -2.44. The maximum absolute atomic E-state index is 14.2. The van der Waals surface area contributed by atoms with E-state index >= 15 is 0 Å². The van der Waals surface area contributed by atoms with Crippen LogP contribution in [-0.2, 0) is 21.6 Å². The highest BCUT2D eigenvalue weighted by molar-refractivity contribution is 6.31. The number of anilines is 2. The number of aromatic nitrogens is 3. The van der Waals surface area contributed by atoms with E-state index in [1.807, 2.05) is 42.5 Å². The fraction of sp³-hybridized carbons (Fsp3) is 0.241. The Morgan fingerprint density at radius 3 is 2.74 bits per heavy atom. The van der Waals surface area contributed by atoms with Crippen LogP contribution in [0, 0.1) is 0 Å². The molecule has 9 nitrogen and oxygen atoms in total. The van der Waals surface area contributed by atoms with Crippen LogP contribution >= 0.6 is 11.6 Å². The van der Waals surface area contributed by atoms with Gasteiger partial charge >= 0.3 is 6.09 Å². The Balaban J connectivity index is 1.34. The lowest BCUT2D eigenvalue weighted by atomic mass is 9.84. The molecule has 2 atom stereocenters. The average Bonchev–Trinajstić information content (AvgIpc) is 3.50. The van der Waals surface area contributed by atoms with Crippen LogP contribution in [0.1, 0.15) is 24.0 Å². The van der Waals surface area contributed by atoms with Crippen molar-refractivity contribution in [1.82, 2.24) is 20.5 Å². The molecule has 1 saturated heterocycles. The van der Waals surface area contributed by atoms with E-state index in [9.17, 15) is 9.59 Å². The number of H-pyrrole nitrogens is 1. The second-order valence-corrected chi connectivity index (χ2v) is 10.2. The van der Waals surface area contributed by atoms with Crippen molar-refractivity contribution in [1.29, 1.82) is 0 Å². The molecule has 1 fully saturated rings. The number of pyridine rings is 1. The minimum absolute atomic E-state index is 0.335. The molecular formula is C29H27ClN6O3. The van der Waals surface area contributed by atoms with E-state index in [-0.39, 0.29) is 0 Å². The Bertz CT molecular complexity index is 1470. The lowest BCUT2D eigenvalue weighted by molar-refractivity contribution is -0.119. The Morgan fingerprint density at radius 1 is 1.15 bits per heavy atom. The number of fused-ring (bicyclic) bond motifs is 2. The van der Waals surface area contributed by atoms with Crippen LogP contribution < -0.4 is 15.5 Å². The standard InChI is InChI=1S/C29H27ClN6O3/c30-21-8-9-25-22(16-21)29(12-4-13-31-18-29)39-28(38)36(25)27(37)24(15-19-5-2-1-3-6-19)34-26-10-7-20(17-32-26)23-11-14-33-35-23/h1-3,5-11,14,16-17,24,31H,4,12-13,15,18H2,(H,32,34)(H,33,35)/t24-,29-/m0/s1. The Hall–Kier alpha value is -4.21. The first-order valence-electron chi connectivity index (χ1n) is 12.9. The van der Waals surface area contributed by atoms with Crippen molar-refractivity contribution in [2.45, 2.75) is 30.9 Å². The zero-order valence-corrected chi connectivity index (χ0v) is 21.8. The van der Waals surface area contributed by atoms with Crippen LogP contribution in [0.2, 0.25) is 5.02 Å². The third-order valence-electron chi connectivity index (χ3n) is 7.18. The van der Waals surface area contributed by atoms with Crippen molar-refractivity contribution in [3.63, 3.8) is 0 Å². The first kappa shape index (κ1) is 25.1. The molecule has 6 rings (SSSR count). The van der Waals surface area contributed by atoms with Gasteiger partial charge in [-0.1, -0.05) is 41.9 Å². The highest BCUT2D eigenvalue weighted by Gasteiger charge is 2.48. The van der Waals surface area contributed by atoms with Gasteiger partial charge < -0.3 is 15.4 Å². The second-order valence-electron chi connectivity index (χ2n) is 9.76. The smallest absolute Gasteiger partial charge is 0.422 e. The van der Waals surface area contributed by atoms with Gasteiger partial charge in [0.1, 0.15) is 11.9 Å². The van der Waals surface area contributed by atoms with Crippen molar-refractivity contribution in [3.05, 3.63) is 95.3 Å². The summed E-state index contributed by atoms with van der Waals surface area (Å²) in [7, 11) is 0. The topological polar surface area (TPSA) is 112 Å². The molecule has 0 radical (unpaired) electrons. The van der Waals surface area contributed by atoms with Crippen LogP contribution in [0.4, 0.5) is 16.3 Å². The predicted octanol–water partition coefficient (Wildman–Crippen LogP) is 4.91. The summed E-state index contributed by atoms with van der Waals surface area (Å²) in [4.78, 5) is 33.3. The Morgan fingerprint density at radius 2 is 2.03 bits per heavy atom. The minimum Gasteiger partial charge on any atom is -0.436 e. The van der Waals surface area contributed by atoms with E-state index in [4.69, 9.17) is 16.3 Å². The highest BCUT2D eigenvalue weighted by atomic mass is 35.5. The molecule has 0 unspecified atom stereocenters. The third-order valence-corrected chi connectivity index (χ3v) is 7.42. The summed E-state index contributed by atoms with van der Waals surface area (Å²) < 4.78 is 6.03. The molecule has 2 aliphatic heterocycles. The minimum atomic E-state index is -0.863. The van der Waals surface area contributed by atoms with Gasteiger partial charge in [-0.05, 0) is 61.3 Å². The number of benzene rings is 2. The Labute approximate surface area is 230 Å². The van der Waals surface area contributed by atoms with Crippen LogP contribution in [0.15, 0.2) is 79.1 Å². The van der Waals surface area contributed by atoms with E-state index in [0.717, 1.165) is 40.2 Å². The zero-order chi connectivity index (χ0) is 26.8. The van der Waals surface area contributed by atoms with Gasteiger partial charge in [-0.25, -0.2) is 14.7 Å². The molecule has 2 aromatic carbocycles. The van der Waals surface area contributed by atoms with E-state index in [2.05, 4.69) is 25.8 Å². The van der Waals surface area contributed by atoms with Crippen LogP contribution in [0.5, 0.6) is 0 Å². The van der Waals surface area contributed by atoms with Gasteiger partial charge in [0.2, 0.25) is 0 Å². The number of ether oxygens (including phenoxy) is 1. The van der Waals surface area contributed by atoms with Crippen molar-refractivity contribution in [2.75, 3.05) is 23.3 Å². The number of aromatic amines is 1. The second kappa shape index (κ2) is 10.5. The van der Waals surface area contributed by atoms with Crippen molar-refractivity contribution in [2.24, 2.45) is 0 Å². The number of hydrogen-bond acceptors (Lipinski definition) is 7. The predicted molar refractivity (Wildman–Crippen MR) is 149 cm³/mol. The SMILES string of the molecule is O=C1O[C@]2(CCCNC2)c2cc(Cl)ccc2N1C(=O)[C@H](Cc1ccccc1)Nc1ccc(-c2cc[nH]n2)cn1. The van der Waals surface area contributed by atoms with Gasteiger partial charge in [-0.2, -0.15) is 5.10 Å². The number of carbonyl (C=O) groups excluding carboxylic acids is 2. The molecule has 2 amide bonds. The molecule has 0 aliphatic carbocycles. The highest BCUT2D eigenvalue weighted by Crippen LogP contribution is 2.44. The van der Waals surface area contributed by atoms with Gasteiger partial charge in [0.05, 0.1) is 11.4 Å². The molecule has 4 aromatic rings. The number of nitrogens with one attached hydrogen (secondary N) is 3. The maximum Gasteiger partial charge on any atom is 0.422 e. The van der Waals surface area contributed by atoms with Gasteiger partial charge in [-0.15, -0.1) is 0 Å². The number of halogens is 1. The summed E-state index contributed by atoms with van der Waals surface area (Å²) >= 11 is 6.38. The number of hydrogen-bond donors (Lipinski definition) is 3. The summed E-state index contributed by atoms with van der Waals surface area (Å²) in [6, 6.07) is 19.6. The number of carbonyl (C=O) groups is 2. The summed E-state index contributed by atoms with van der Waals surface area (Å²) in [5, 5.41) is 14.1. The molecular weight excluding hydrogens is 516 g/mol. The molecule has 2 aliphatic rings. The monoisotopic (exact) mass is 542 g/mol. The van der Waals surface area contributed by atoms with E-state index in [0.29, 0.717) is 35.9 Å². The zero-order valence-electron chi connectivity index (χ0n) is 21.1. The lowest BCUT2D eigenvalue weighted by Crippen LogP contribution is -2.57. The van der Waals surface area contributed by atoms with Crippen LogP contribution in [0.25, 0.3) is 11.3 Å². The summed E-state index contributed by atoms with van der Waals surface area (Å²) in [5.74, 6) is 0.0578. The third kappa shape index (κ3) is 4.98. The van der Waals surface area contributed by atoms with Crippen molar-refractivity contribution in [3.8, 4) is 11.3 Å². The normalized spacial score (nSPS) is 19.3. The first-order valence-corrected chi connectivity index (χ1v) is 13.2. The van der Waals surface area contributed by atoms with Gasteiger partial charge in [0.15, 0.2) is 5.60 Å². The van der Waals surface area contributed by atoms with Crippen LogP contribution in [0.3, 0.4) is 0 Å². The molecule has 2 aromatic heterocycles. The number of rotatable bonds is 6. The molecule has 1 spiro atoms. The first-order chi connectivity index (χ1) is 19.0. The number of nitrogens with zero attached hydrogens (tertiary/aromatic N) is 3. The Kier molecular flexibility index (Phi) is 6.76. The quantitative estimate of drug-likeness (QED) is 0.317. The van der Waals surface area contributed by atoms with E-state index in [1.54, 1.807) is 36.7 Å². The molecule has 39 heavy (non-hydrogen) atoms. The molecule has 0 saturated carbocycles. The maximum atomic E-state index is 14.2. The number of piperidine rings is 1. The number of imide groups is 1. The van der Waals surface area contributed by atoms with Crippen molar-refractivity contribution < 1.29 is 14.3 Å². The van der Waals surface area contributed by atoms with Crippen LogP contribution in [-0.4, -0.2) is 46.3 Å². The van der Waals surface area contributed by atoms with Gasteiger partial charge in [0.25, 0.3) is 5.91 Å². The van der Waals surface area contributed by atoms with Gasteiger partial charge in [0, 0.05) is 41.5 Å². The van der Waals surface area contributed by atoms with Gasteiger partial charge in [-0.3, -0.25) is 9.89 Å². The fourth-order valence-corrected chi connectivity index (χ4v) is 5.45. The summed E-state index contributed by atoms with van der Waals surface area (Å²) in [6.07, 6.45) is 4.56. The average molecular weight is 543 g/mol. The molecule has 10 heteroatoms. The summed E-state index contributed by atoms with van der Waals surface area (Å²) in [5.41, 5.74) is 2.90. The van der Waals surface area contributed by atoms with E-state index in [1.165, 1.54) is 0 Å². The fourth-order valence-electron chi connectivity index (χ4n) is 5.27. The molecule has 3 N–H and O–H groups in total. The molecule has 4 heterocycles. The van der Waals surface area contributed by atoms with Crippen molar-refractivity contribution >= 4 is 35.1 Å². The van der Waals surface area contributed by atoms with E-state index < -0.39 is 23.6 Å². The molecule has 198 valence electrons.